The van der Waals surface area contributed by atoms with Gasteiger partial charge in [0, 0.05) is 18.0 Å². The van der Waals surface area contributed by atoms with Crippen LogP contribution in [-0.4, -0.2) is 11.5 Å². The summed E-state index contributed by atoms with van der Waals surface area (Å²) < 4.78 is 5.54. The quantitative estimate of drug-likeness (QED) is 0.867. The summed E-state index contributed by atoms with van der Waals surface area (Å²) in [5, 5.41) is 6.58. The summed E-state index contributed by atoms with van der Waals surface area (Å²) in [4.78, 5) is 4.31. The summed E-state index contributed by atoms with van der Waals surface area (Å²) >= 11 is 1.69. The first-order valence-electron chi connectivity index (χ1n) is 5.47. The lowest BCUT2D eigenvalue weighted by Gasteiger charge is -2.15. The van der Waals surface area contributed by atoms with Gasteiger partial charge in [0.15, 0.2) is 0 Å². The van der Waals surface area contributed by atoms with E-state index in [9.17, 15) is 0 Å². The maximum Gasteiger partial charge on any atom is 0.123 e. The lowest BCUT2D eigenvalue weighted by Crippen LogP contribution is -2.23. The maximum atomic E-state index is 5.54. The molecular formula is C12H16N2OS. The summed E-state index contributed by atoms with van der Waals surface area (Å²) in [7, 11) is 0. The highest BCUT2D eigenvalue weighted by molar-refractivity contribution is 7.09. The van der Waals surface area contributed by atoms with Crippen LogP contribution in [0, 0.1) is 6.92 Å². The molecule has 0 aliphatic rings. The monoisotopic (exact) mass is 236 g/mol. The van der Waals surface area contributed by atoms with E-state index in [0.717, 1.165) is 23.7 Å². The summed E-state index contributed by atoms with van der Waals surface area (Å²) in [5.74, 6) is 1.03. The molecule has 2 aromatic rings. The first-order valence-corrected chi connectivity index (χ1v) is 6.35. The van der Waals surface area contributed by atoms with E-state index in [-0.39, 0.29) is 6.04 Å². The highest BCUT2D eigenvalue weighted by Gasteiger charge is 2.17. The minimum absolute atomic E-state index is 0.228. The standard InChI is InChI=1S/C12H16N2OS/c1-3-13-10(8-11-14-5-7-16-11)12-9(2)4-6-15-12/h4-7,10,13H,3,8H2,1-2H3. The topological polar surface area (TPSA) is 38.1 Å². The van der Waals surface area contributed by atoms with Crippen molar-refractivity contribution >= 4 is 11.3 Å². The Morgan fingerprint density at radius 2 is 2.44 bits per heavy atom. The number of thiazole rings is 1. The van der Waals surface area contributed by atoms with Crippen molar-refractivity contribution in [1.29, 1.82) is 0 Å². The Hall–Kier alpha value is -1.13. The molecule has 0 saturated carbocycles. The van der Waals surface area contributed by atoms with Gasteiger partial charge in [-0.05, 0) is 25.1 Å². The highest BCUT2D eigenvalue weighted by Crippen LogP contribution is 2.23. The van der Waals surface area contributed by atoms with Crippen LogP contribution in [0.4, 0.5) is 0 Å². The molecular weight excluding hydrogens is 220 g/mol. The second-order valence-corrected chi connectivity index (χ2v) is 4.69. The van der Waals surface area contributed by atoms with E-state index in [1.54, 1.807) is 17.6 Å². The van der Waals surface area contributed by atoms with Gasteiger partial charge in [0.1, 0.15) is 5.76 Å². The van der Waals surface area contributed by atoms with Crippen LogP contribution in [0.3, 0.4) is 0 Å². The van der Waals surface area contributed by atoms with E-state index < -0.39 is 0 Å². The molecule has 1 atom stereocenters. The van der Waals surface area contributed by atoms with Crippen LogP contribution in [0.25, 0.3) is 0 Å². The van der Waals surface area contributed by atoms with Gasteiger partial charge in [0.2, 0.25) is 0 Å². The molecule has 0 bridgehead atoms. The number of furan rings is 1. The summed E-state index contributed by atoms with van der Waals surface area (Å²) in [6.45, 7) is 5.11. The molecule has 2 heterocycles. The Morgan fingerprint density at radius 1 is 1.56 bits per heavy atom. The molecule has 1 N–H and O–H groups in total. The number of aromatic nitrogens is 1. The average molecular weight is 236 g/mol. The Morgan fingerprint density at radius 3 is 3.00 bits per heavy atom. The molecule has 0 aliphatic carbocycles. The van der Waals surface area contributed by atoms with Crippen molar-refractivity contribution in [3.63, 3.8) is 0 Å². The van der Waals surface area contributed by atoms with Crippen LogP contribution >= 0.6 is 11.3 Å². The van der Waals surface area contributed by atoms with Crippen LogP contribution in [-0.2, 0) is 6.42 Å². The van der Waals surface area contributed by atoms with Gasteiger partial charge >= 0.3 is 0 Å². The number of rotatable bonds is 5. The van der Waals surface area contributed by atoms with Crippen molar-refractivity contribution in [3.05, 3.63) is 40.2 Å². The van der Waals surface area contributed by atoms with E-state index in [4.69, 9.17) is 4.42 Å². The van der Waals surface area contributed by atoms with E-state index >= 15 is 0 Å². The van der Waals surface area contributed by atoms with Gasteiger partial charge in [0.05, 0.1) is 17.3 Å². The molecule has 2 rings (SSSR count). The first-order chi connectivity index (χ1) is 7.81. The van der Waals surface area contributed by atoms with Crippen molar-refractivity contribution < 1.29 is 4.42 Å². The number of nitrogens with zero attached hydrogens (tertiary/aromatic N) is 1. The number of hydrogen-bond acceptors (Lipinski definition) is 4. The molecule has 3 nitrogen and oxygen atoms in total. The maximum absolute atomic E-state index is 5.54. The molecule has 1 unspecified atom stereocenters. The molecule has 0 fully saturated rings. The fourth-order valence-corrected chi connectivity index (χ4v) is 2.44. The fourth-order valence-electron chi connectivity index (χ4n) is 1.77. The van der Waals surface area contributed by atoms with Crippen molar-refractivity contribution in [2.24, 2.45) is 0 Å². The molecule has 2 aromatic heterocycles. The average Bonchev–Trinajstić information content (AvgIpc) is 2.88. The molecule has 86 valence electrons. The van der Waals surface area contributed by atoms with Crippen molar-refractivity contribution in [2.75, 3.05) is 6.54 Å². The molecule has 4 heteroatoms. The van der Waals surface area contributed by atoms with Gasteiger partial charge in [-0.15, -0.1) is 11.3 Å². The predicted octanol–water partition coefficient (Wildman–Crippen LogP) is 2.94. The molecule has 0 amide bonds. The zero-order valence-electron chi connectivity index (χ0n) is 9.56. The zero-order chi connectivity index (χ0) is 11.4. The van der Waals surface area contributed by atoms with E-state index in [2.05, 4.69) is 24.1 Å². The Balaban J connectivity index is 2.14. The molecule has 0 radical (unpaired) electrons. The first kappa shape index (κ1) is 11.4. The number of aryl methyl sites for hydroxylation is 1. The second-order valence-electron chi connectivity index (χ2n) is 3.71. The Bertz CT molecular complexity index is 422. The third kappa shape index (κ3) is 2.51. The summed E-state index contributed by atoms with van der Waals surface area (Å²) in [6.07, 6.45) is 4.48. The lowest BCUT2D eigenvalue weighted by molar-refractivity contribution is 0.413. The summed E-state index contributed by atoms with van der Waals surface area (Å²) in [5.41, 5.74) is 1.20. The van der Waals surface area contributed by atoms with Crippen LogP contribution in [0.5, 0.6) is 0 Å². The lowest BCUT2D eigenvalue weighted by atomic mass is 10.1. The van der Waals surface area contributed by atoms with Crippen LogP contribution < -0.4 is 5.32 Å². The third-order valence-electron chi connectivity index (χ3n) is 2.53. The Kier molecular flexibility index (Phi) is 3.74. The van der Waals surface area contributed by atoms with Crippen molar-refractivity contribution in [3.8, 4) is 0 Å². The third-order valence-corrected chi connectivity index (χ3v) is 3.33. The molecule has 0 aliphatic heterocycles. The highest BCUT2D eigenvalue weighted by atomic mass is 32.1. The SMILES string of the molecule is CCNC(Cc1nccs1)c1occc1C. The van der Waals surface area contributed by atoms with Crippen molar-refractivity contribution in [2.45, 2.75) is 26.3 Å². The smallest absolute Gasteiger partial charge is 0.123 e. The molecule has 0 saturated heterocycles. The van der Waals surface area contributed by atoms with Gasteiger partial charge in [-0.2, -0.15) is 0 Å². The van der Waals surface area contributed by atoms with E-state index in [1.165, 1.54) is 5.56 Å². The van der Waals surface area contributed by atoms with Gasteiger partial charge < -0.3 is 9.73 Å². The number of hydrogen-bond donors (Lipinski definition) is 1. The second kappa shape index (κ2) is 5.27. The van der Waals surface area contributed by atoms with E-state index in [0.29, 0.717) is 0 Å². The van der Waals surface area contributed by atoms with Crippen LogP contribution in [0.1, 0.15) is 29.3 Å². The van der Waals surface area contributed by atoms with E-state index in [1.807, 2.05) is 17.6 Å². The molecule has 16 heavy (non-hydrogen) atoms. The summed E-state index contributed by atoms with van der Waals surface area (Å²) in [6, 6.07) is 2.23. The fraction of sp³-hybridized carbons (Fsp3) is 0.417. The molecule has 0 spiro atoms. The Labute approximate surface area is 99.5 Å². The van der Waals surface area contributed by atoms with Crippen molar-refractivity contribution in [1.82, 2.24) is 10.3 Å². The minimum Gasteiger partial charge on any atom is -0.467 e. The predicted molar refractivity (Wildman–Crippen MR) is 65.7 cm³/mol. The van der Waals surface area contributed by atoms with Crippen LogP contribution in [0.2, 0.25) is 0 Å². The number of likely N-dealkylation sites (N-methyl/N-ethyl adjacent to an activating group) is 1. The normalized spacial score (nSPS) is 12.9. The zero-order valence-corrected chi connectivity index (χ0v) is 10.4. The largest absolute Gasteiger partial charge is 0.467 e. The van der Waals surface area contributed by atoms with Gasteiger partial charge in [-0.3, -0.25) is 0 Å². The van der Waals surface area contributed by atoms with Gasteiger partial charge in [0.25, 0.3) is 0 Å². The van der Waals surface area contributed by atoms with Gasteiger partial charge in [-0.1, -0.05) is 6.92 Å². The van der Waals surface area contributed by atoms with Crippen LogP contribution in [0.15, 0.2) is 28.3 Å². The number of nitrogens with one attached hydrogen (secondary N) is 1. The minimum atomic E-state index is 0.228. The molecule has 0 aromatic carbocycles. The van der Waals surface area contributed by atoms with Gasteiger partial charge in [-0.25, -0.2) is 4.98 Å².